The maximum Gasteiger partial charge on any atom is 0.271 e. The molecule has 1 atom stereocenters. The average molecular weight is 346 g/mol. The zero-order valence-electron chi connectivity index (χ0n) is 12.9. The van der Waals surface area contributed by atoms with Crippen LogP contribution in [0.3, 0.4) is 0 Å². The van der Waals surface area contributed by atoms with Gasteiger partial charge in [0.05, 0.1) is 18.5 Å². The number of amides is 1. The van der Waals surface area contributed by atoms with Crippen molar-refractivity contribution < 1.29 is 14.3 Å². The molecule has 124 valence electrons. The highest BCUT2D eigenvalue weighted by molar-refractivity contribution is 6.30. The van der Waals surface area contributed by atoms with Gasteiger partial charge in [0.25, 0.3) is 5.91 Å². The molecule has 0 aliphatic carbocycles. The summed E-state index contributed by atoms with van der Waals surface area (Å²) < 4.78 is 6.74. The first-order valence-electron chi connectivity index (χ1n) is 7.32. The summed E-state index contributed by atoms with van der Waals surface area (Å²) in [7, 11) is 0. The second-order valence-corrected chi connectivity index (χ2v) is 6.00. The van der Waals surface area contributed by atoms with E-state index in [1.807, 2.05) is 6.07 Å². The van der Waals surface area contributed by atoms with Crippen molar-refractivity contribution in [1.82, 2.24) is 15.1 Å². The van der Waals surface area contributed by atoms with Crippen LogP contribution in [0.15, 0.2) is 59.3 Å². The molecule has 7 heteroatoms. The maximum absolute atomic E-state index is 12.2. The van der Waals surface area contributed by atoms with Gasteiger partial charge in [-0.2, -0.15) is 5.10 Å². The standard InChI is InChI=1S/C17H16ClN3O3/c1-17(23,15-6-3-9-24-15)11-19-16(22)14-7-8-21(20-14)13-5-2-4-12(18)10-13/h2-10,23H,11H2,1H3,(H,19,22). The summed E-state index contributed by atoms with van der Waals surface area (Å²) in [6.45, 7) is 1.57. The first kappa shape index (κ1) is 16.3. The van der Waals surface area contributed by atoms with Crippen molar-refractivity contribution in [3.63, 3.8) is 0 Å². The number of hydrogen-bond acceptors (Lipinski definition) is 4. The number of carbonyl (C=O) groups excluding carboxylic acids is 1. The maximum atomic E-state index is 12.2. The fourth-order valence-electron chi connectivity index (χ4n) is 2.22. The number of carbonyl (C=O) groups is 1. The molecule has 0 aliphatic heterocycles. The van der Waals surface area contributed by atoms with Gasteiger partial charge in [-0.25, -0.2) is 4.68 Å². The molecule has 1 unspecified atom stereocenters. The van der Waals surface area contributed by atoms with Crippen molar-refractivity contribution in [2.45, 2.75) is 12.5 Å². The van der Waals surface area contributed by atoms with Gasteiger partial charge in [-0.05, 0) is 43.3 Å². The molecular formula is C17H16ClN3O3. The summed E-state index contributed by atoms with van der Waals surface area (Å²) in [5, 5.41) is 17.8. The largest absolute Gasteiger partial charge is 0.466 e. The summed E-state index contributed by atoms with van der Waals surface area (Å²) >= 11 is 5.96. The van der Waals surface area contributed by atoms with E-state index in [9.17, 15) is 9.90 Å². The topological polar surface area (TPSA) is 80.3 Å². The summed E-state index contributed by atoms with van der Waals surface area (Å²) in [5.41, 5.74) is -0.302. The van der Waals surface area contributed by atoms with Crippen LogP contribution in [0.5, 0.6) is 0 Å². The monoisotopic (exact) mass is 345 g/mol. The zero-order chi connectivity index (χ0) is 17.2. The molecule has 0 aliphatic rings. The van der Waals surface area contributed by atoms with Crippen LogP contribution >= 0.6 is 11.6 Å². The van der Waals surface area contributed by atoms with Crippen molar-refractivity contribution in [3.8, 4) is 5.69 Å². The third-order valence-electron chi connectivity index (χ3n) is 3.54. The Kier molecular flexibility index (Phi) is 4.42. The number of nitrogens with one attached hydrogen (secondary N) is 1. The molecule has 0 saturated carbocycles. The van der Waals surface area contributed by atoms with E-state index in [0.717, 1.165) is 5.69 Å². The molecule has 3 aromatic rings. The van der Waals surface area contributed by atoms with Gasteiger partial charge >= 0.3 is 0 Å². The number of rotatable bonds is 5. The lowest BCUT2D eigenvalue weighted by molar-refractivity contribution is 0.0329. The Hall–Kier alpha value is -2.57. The minimum Gasteiger partial charge on any atom is -0.466 e. The normalized spacial score (nSPS) is 13.5. The highest BCUT2D eigenvalue weighted by Gasteiger charge is 2.27. The van der Waals surface area contributed by atoms with Gasteiger partial charge in [-0.3, -0.25) is 4.79 Å². The Labute approximate surface area is 143 Å². The van der Waals surface area contributed by atoms with Crippen LogP contribution < -0.4 is 5.32 Å². The number of benzene rings is 1. The van der Waals surface area contributed by atoms with Crippen LogP contribution in [0.25, 0.3) is 5.69 Å². The smallest absolute Gasteiger partial charge is 0.271 e. The predicted molar refractivity (Wildman–Crippen MR) is 89.2 cm³/mol. The molecule has 3 rings (SSSR count). The fraction of sp³-hybridized carbons (Fsp3) is 0.176. The molecule has 0 bridgehead atoms. The molecule has 1 amide bonds. The molecule has 1 aromatic carbocycles. The Balaban J connectivity index is 1.68. The SMILES string of the molecule is CC(O)(CNC(=O)c1ccn(-c2cccc(Cl)c2)n1)c1ccco1. The lowest BCUT2D eigenvalue weighted by Crippen LogP contribution is -2.38. The van der Waals surface area contributed by atoms with E-state index < -0.39 is 5.60 Å². The van der Waals surface area contributed by atoms with E-state index in [-0.39, 0.29) is 18.1 Å². The van der Waals surface area contributed by atoms with Gasteiger partial charge in [0.15, 0.2) is 5.69 Å². The Morgan fingerprint density at radius 1 is 1.38 bits per heavy atom. The van der Waals surface area contributed by atoms with Crippen LogP contribution in [0.1, 0.15) is 23.2 Å². The molecule has 0 fully saturated rings. The predicted octanol–water partition coefficient (Wildman–Crippen LogP) is 2.76. The summed E-state index contributed by atoms with van der Waals surface area (Å²) in [4.78, 5) is 12.2. The lowest BCUT2D eigenvalue weighted by Gasteiger charge is -2.20. The van der Waals surface area contributed by atoms with Crippen molar-refractivity contribution in [1.29, 1.82) is 0 Å². The van der Waals surface area contributed by atoms with Gasteiger partial charge < -0.3 is 14.8 Å². The first-order valence-corrected chi connectivity index (χ1v) is 7.70. The molecule has 2 aromatic heterocycles. The fourth-order valence-corrected chi connectivity index (χ4v) is 2.41. The second-order valence-electron chi connectivity index (χ2n) is 5.56. The average Bonchev–Trinajstić information content (AvgIpc) is 3.24. The van der Waals surface area contributed by atoms with Crippen LogP contribution in [0, 0.1) is 0 Å². The lowest BCUT2D eigenvalue weighted by atomic mass is 10.0. The van der Waals surface area contributed by atoms with Crippen molar-refractivity contribution in [3.05, 3.63) is 71.4 Å². The molecule has 0 radical (unpaired) electrons. The molecule has 0 saturated heterocycles. The van der Waals surface area contributed by atoms with Gasteiger partial charge in [0, 0.05) is 11.2 Å². The van der Waals surface area contributed by atoms with Crippen molar-refractivity contribution >= 4 is 17.5 Å². The molecule has 2 N–H and O–H groups in total. The number of furan rings is 1. The summed E-state index contributed by atoms with van der Waals surface area (Å²) in [6.07, 6.45) is 3.14. The number of hydrogen-bond donors (Lipinski definition) is 2. The molecule has 24 heavy (non-hydrogen) atoms. The minimum absolute atomic E-state index is 0.00335. The number of aromatic nitrogens is 2. The van der Waals surface area contributed by atoms with Crippen LogP contribution in [-0.2, 0) is 5.60 Å². The van der Waals surface area contributed by atoms with E-state index in [2.05, 4.69) is 10.4 Å². The highest BCUT2D eigenvalue weighted by atomic mass is 35.5. The molecule has 0 spiro atoms. The van der Waals surface area contributed by atoms with Crippen molar-refractivity contribution in [2.24, 2.45) is 0 Å². The van der Waals surface area contributed by atoms with E-state index in [0.29, 0.717) is 10.8 Å². The quantitative estimate of drug-likeness (QED) is 0.745. The van der Waals surface area contributed by atoms with Crippen LogP contribution in [0.4, 0.5) is 0 Å². The van der Waals surface area contributed by atoms with E-state index in [1.54, 1.807) is 54.2 Å². The summed E-state index contributed by atoms with van der Waals surface area (Å²) in [6, 6.07) is 12.1. The van der Waals surface area contributed by atoms with Crippen LogP contribution in [0.2, 0.25) is 5.02 Å². The minimum atomic E-state index is -1.30. The van der Waals surface area contributed by atoms with Crippen molar-refractivity contribution in [2.75, 3.05) is 6.54 Å². The van der Waals surface area contributed by atoms with Gasteiger partial charge in [0.2, 0.25) is 0 Å². The van der Waals surface area contributed by atoms with E-state index in [4.69, 9.17) is 16.0 Å². The Morgan fingerprint density at radius 3 is 2.92 bits per heavy atom. The Morgan fingerprint density at radius 2 is 2.21 bits per heavy atom. The van der Waals surface area contributed by atoms with Gasteiger partial charge in [0.1, 0.15) is 11.4 Å². The summed E-state index contributed by atoms with van der Waals surface area (Å²) in [5.74, 6) is -0.00475. The molecular weight excluding hydrogens is 330 g/mol. The van der Waals surface area contributed by atoms with E-state index >= 15 is 0 Å². The number of halogens is 1. The number of aliphatic hydroxyl groups is 1. The van der Waals surface area contributed by atoms with Gasteiger partial charge in [-0.1, -0.05) is 17.7 Å². The molecule has 6 nitrogen and oxygen atoms in total. The van der Waals surface area contributed by atoms with E-state index in [1.165, 1.54) is 6.26 Å². The Bertz CT molecular complexity index is 840. The molecule has 2 heterocycles. The zero-order valence-corrected chi connectivity index (χ0v) is 13.7. The third-order valence-corrected chi connectivity index (χ3v) is 3.77. The van der Waals surface area contributed by atoms with Gasteiger partial charge in [-0.15, -0.1) is 0 Å². The number of nitrogens with zero attached hydrogens (tertiary/aromatic N) is 2. The highest BCUT2D eigenvalue weighted by Crippen LogP contribution is 2.20. The first-order chi connectivity index (χ1) is 11.5. The second kappa shape index (κ2) is 6.51. The van der Waals surface area contributed by atoms with Crippen LogP contribution in [-0.4, -0.2) is 27.3 Å². The third kappa shape index (κ3) is 3.50.